The van der Waals surface area contributed by atoms with E-state index in [0.717, 1.165) is 12.8 Å². The Labute approximate surface area is 95.1 Å². The van der Waals surface area contributed by atoms with E-state index in [0.29, 0.717) is 25.3 Å². The molecule has 0 amide bonds. The topological polar surface area (TPSA) is 81.2 Å². The summed E-state index contributed by atoms with van der Waals surface area (Å²) >= 11 is 0. The number of sulfonamides is 1. The first-order valence-electron chi connectivity index (χ1n) is 5.34. The summed E-state index contributed by atoms with van der Waals surface area (Å²) in [5.74, 6) is 0.272. The number of aromatic nitrogens is 2. The van der Waals surface area contributed by atoms with Gasteiger partial charge in [-0.15, -0.1) is 0 Å². The Morgan fingerprint density at radius 2 is 2.19 bits per heavy atom. The van der Waals surface area contributed by atoms with Gasteiger partial charge >= 0.3 is 0 Å². The molecule has 1 saturated heterocycles. The first-order chi connectivity index (χ1) is 7.58. The molecule has 2 rings (SSSR count). The van der Waals surface area contributed by atoms with E-state index in [1.54, 1.807) is 17.1 Å². The van der Waals surface area contributed by atoms with Crippen molar-refractivity contribution in [3.8, 4) is 0 Å². The Morgan fingerprint density at radius 1 is 1.38 bits per heavy atom. The smallest absolute Gasteiger partial charge is 0.214 e. The molecule has 16 heavy (non-hydrogen) atoms. The highest BCUT2D eigenvalue weighted by molar-refractivity contribution is 7.89. The van der Waals surface area contributed by atoms with E-state index in [1.165, 1.54) is 4.31 Å². The zero-order valence-corrected chi connectivity index (χ0v) is 9.86. The van der Waals surface area contributed by atoms with Gasteiger partial charge in [-0.05, 0) is 12.8 Å². The van der Waals surface area contributed by atoms with E-state index in [-0.39, 0.29) is 5.75 Å². The SMILES string of the molecule is Nc1cnn(CCN2CCCCS2(=O)=O)c1. The quantitative estimate of drug-likeness (QED) is 0.804. The number of rotatable bonds is 3. The highest BCUT2D eigenvalue weighted by Gasteiger charge is 2.25. The number of hydrogen-bond acceptors (Lipinski definition) is 4. The van der Waals surface area contributed by atoms with Crippen LogP contribution >= 0.6 is 0 Å². The summed E-state index contributed by atoms with van der Waals surface area (Å²) in [6, 6.07) is 0. The van der Waals surface area contributed by atoms with Crippen LogP contribution in [0.15, 0.2) is 12.4 Å². The molecule has 7 heteroatoms. The van der Waals surface area contributed by atoms with Gasteiger partial charge in [-0.2, -0.15) is 5.10 Å². The fourth-order valence-corrected chi connectivity index (χ4v) is 3.40. The van der Waals surface area contributed by atoms with Gasteiger partial charge in [-0.1, -0.05) is 0 Å². The second-order valence-electron chi connectivity index (χ2n) is 3.96. The van der Waals surface area contributed by atoms with Gasteiger partial charge in [0.15, 0.2) is 0 Å². The summed E-state index contributed by atoms with van der Waals surface area (Å²) < 4.78 is 26.6. The predicted molar refractivity (Wildman–Crippen MR) is 61.2 cm³/mol. The van der Waals surface area contributed by atoms with Gasteiger partial charge in [0.25, 0.3) is 0 Å². The zero-order chi connectivity index (χ0) is 11.6. The Balaban J connectivity index is 1.94. The third-order valence-corrected chi connectivity index (χ3v) is 4.64. The first kappa shape index (κ1) is 11.4. The maximum Gasteiger partial charge on any atom is 0.214 e. The van der Waals surface area contributed by atoms with Gasteiger partial charge in [0, 0.05) is 19.3 Å². The average Bonchev–Trinajstić information content (AvgIpc) is 2.62. The lowest BCUT2D eigenvalue weighted by molar-refractivity contribution is 0.361. The van der Waals surface area contributed by atoms with Crippen molar-refractivity contribution in [2.24, 2.45) is 0 Å². The lowest BCUT2D eigenvalue weighted by atomic mass is 10.3. The Morgan fingerprint density at radius 3 is 2.81 bits per heavy atom. The second kappa shape index (κ2) is 4.42. The van der Waals surface area contributed by atoms with Crippen molar-refractivity contribution in [1.82, 2.24) is 14.1 Å². The van der Waals surface area contributed by atoms with Crippen LogP contribution in [0.2, 0.25) is 0 Å². The molecule has 2 N–H and O–H groups in total. The van der Waals surface area contributed by atoms with Crippen molar-refractivity contribution < 1.29 is 8.42 Å². The molecule has 0 aliphatic carbocycles. The lowest BCUT2D eigenvalue weighted by Crippen LogP contribution is -2.39. The van der Waals surface area contributed by atoms with Crippen LogP contribution in [0, 0.1) is 0 Å². The third kappa shape index (κ3) is 2.53. The summed E-state index contributed by atoms with van der Waals surface area (Å²) in [7, 11) is -3.03. The van der Waals surface area contributed by atoms with Crippen LogP contribution in [0.5, 0.6) is 0 Å². The molecule has 1 fully saturated rings. The molecule has 0 radical (unpaired) electrons. The molecule has 0 spiro atoms. The van der Waals surface area contributed by atoms with E-state index in [2.05, 4.69) is 5.10 Å². The fourth-order valence-electron chi connectivity index (χ4n) is 1.81. The molecule has 6 nitrogen and oxygen atoms in total. The molecule has 0 atom stereocenters. The summed E-state index contributed by atoms with van der Waals surface area (Å²) in [5.41, 5.74) is 6.12. The normalized spacial score (nSPS) is 21.0. The van der Waals surface area contributed by atoms with Crippen molar-refractivity contribution in [2.75, 3.05) is 24.6 Å². The van der Waals surface area contributed by atoms with Gasteiger partial charge in [-0.3, -0.25) is 4.68 Å². The summed E-state index contributed by atoms with van der Waals surface area (Å²) in [6.45, 7) is 1.65. The molecule has 2 heterocycles. The number of nitrogen functional groups attached to an aromatic ring is 1. The van der Waals surface area contributed by atoms with Gasteiger partial charge in [0.1, 0.15) is 0 Å². The molecule has 0 saturated carbocycles. The number of anilines is 1. The molecular weight excluding hydrogens is 228 g/mol. The summed E-state index contributed by atoms with van der Waals surface area (Å²) in [5, 5.41) is 4.02. The molecule has 1 aromatic heterocycles. The van der Waals surface area contributed by atoms with Gasteiger partial charge in [0.2, 0.25) is 10.0 Å². The number of hydrogen-bond donors (Lipinski definition) is 1. The van der Waals surface area contributed by atoms with E-state index >= 15 is 0 Å². The van der Waals surface area contributed by atoms with Crippen molar-refractivity contribution in [2.45, 2.75) is 19.4 Å². The van der Waals surface area contributed by atoms with Crippen molar-refractivity contribution in [3.05, 3.63) is 12.4 Å². The van der Waals surface area contributed by atoms with E-state index < -0.39 is 10.0 Å². The Kier molecular flexibility index (Phi) is 3.15. The molecule has 90 valence electrons. The molecule has 1 aliphatic heterocycles. The Bertz CT molecular complexity index is 454. The van der Waals surface area contributed by atoms with Gasteiger partial charge in [-0.25, -0.2) is 12.7 Å². The Hall–Kier alpha value is -1.08. The lowest BCUT2D eigenvalue weighted by Gasteiger charge is -2.25. The summed E-state index contributed by atoms with van der Waals surface area (Å²) in [4.78, 5) is 0. The molecule has 0 aromatic carbocycles. The number of nitrogens with zero attached hydrogens (tertiary/aromatic N) is 3. The highest BCUT2D eigenvalue weighted by Crippen LogP contribution is 2.13. The standard InChI is InChI=1S/C9H16N4O2S/c10-9-7-11-12(8-9)4-5-13-3-1-2-6-16(13,14)15/h7-8H,1-6,10H2. The molecule has 1 aliphatic rings. The van der Waals surface area contributed by atoms with Crippen LogP contribution in [0.25, 0.3) is 0 Å². The van der Waals surface area contributed by atoms with Gasteiger partial charge < -0.3 is 5.73 Å². The van der Waals surface area contributed by atoms with Crippen LogP contribution in [0.3, 0.4) is 0 Å². The van der Waals surface area contributed by atoms with E-state index in [9.17, 15) is 8.42 Å². The van der Waals surface area contributed by atoms with Crippen LogP contribution in [-0.2, 0) is 16.6 Å². The largest absolute Gasteiger partial charge is 0.396 e. The van der Waals surface area contributed by atoms with E-state index in [4.69, 9.17) is 5.73 Å². The van der Waals surface area contributed by atoms with Crippen LogP contribution in [0.1, 0.15) is 12.8 Å². The van der Waals surface area contributed by atoms with Gasteiger partial charge in [0.05, 0.1) is 24.2 Å². The molecule has 1 aromatic rings. The third-order valence-electron chi connectivity index (χ3n) is 2.68. The minimum atomic E-state index is -3.03. The monoisotopic (exact) mass is 244 g/mol. The first-order valence-corrected chi connectivity index (χ1v) is 6.94. The maximum atomic E-state index is 11.7. The molecule has 0 bridgehead atoms. The van der Waals surface area contributed by atoms with Crippen LogP contribution in [-0.4, -0.2) is 41.3 Å². The highest BCUT2D eigenvalue weighted by atomic mass is 32.2. The average molecular weight is 244 g/mol. The van der Waals surface area contributed by atoms with E-state index in [1.807, 2.05) is 0 Å². The minimum absolute atomic E-state index is 0.272. The van der Waals surface area contributed by atoms with Crippen molar-refractivity contribution >= 4 is 15.7 Å². The zero-order valence-electron chi connectivity index (χ0n) is 9.04. The van der Waals surface area contributed by atoms with Crippen molar-refractivity contribution in [1.29, 1.82) is 0 Å². The molecular formula is C9H16N4O2S. The predicted octanol–water partition coefficient (Wildman–Crippen LogP) is -0.109. The fraction of sp³-hybridized carbons (Fsp3) is 0.667. The maximum absolute atomic E-state index is 11.7. The summed E-state index contributed by atoms with van der Waals surface area (Å²) in [6.07, 6.45) is 4.98. The molecule has 0 unspecified atom stereocenters. The van der Waals surface area contributed by atoms with Crippen LogP contribution < -0.4 is 5.73 Å². The minimum Gasteiger partial charge on any atom is -0.396 e. The van der Waals surface area contributed by atoms with Crippen molar-refractivity contribution in [3.63, 3.8) is 0 Å². The number of nitrogens with two attached hydrogens (primary N) is 1. The van der Waals surface area contributed by atoms with Crippen LogP contribution in [0.4, 0.5) is 5.69 Å². The second-order valence-corrected chi connectivity index (χ2v) is 6.05.